The molecule has 3 aromatic carbocycles. The van der Waals surface area contributed by atoms with Gasteiger partial charge in [-0.3, -0.25) is 14.5 Å². The van der Waals surface area contributed by atoms with Crippen molar-refractivity contribution in [2.75, 3.05) is 26.2 Å². The molecule has 5 nitrogen and oxygen atoms in total. The van der Waals surface area contributed by atoms with Crippen molar-refractivity contribution in [2.45, 2.75) is 18.5 Å². The van der Waals surface area contributed by atoms with Crippen LogP contribution in [-0.2, 0) is 0 Å². The molecule has 9 heteroatoms. The SMILES string of the molecule is O=C(NC(CCN1CC2CNC[C@H]2[C@H]1C(=O)c1c(F)cccc1Cl)c1ccccc1)c1ccc(F)c(Cl)c1. The summed E-state index contributed by atoms with van der Waals surface area (Å²) in [5.74, 6) is -1.60. The molecule has 2 N–H and O–H groups in total. The largest absolute Gasteiger partial charge is 0.345 e. The van der Waals surface area contributed by atoms with Gasteiger partial charge in [-0.25, -0.2) is 8.78 Å². The van der Waals surface area contributed by atoms with E-state index in [-0.39, 0.29) is 50.7 Å². The lowest BCUT2D eigenvalue weighted by Crippen LogP contribution is -2.43. The molecule has 0 bridgehead atoms. The van der Waals surface area contributed by atoms with Crippen LogP contribution in [0.2, 0.25) is 10.0 Å². The van der Waals surface area contributed by atoms with Crippen molar-refractivity contribution in [1.82, 2.24) is 15.5 Å². The molecule has 2 unspecified atom stereocenters. The summed E-state index contributed by atoms with van der Waals surface area (Å²) in [5, 5.41) is 6.38. The molecular weight excluding hydrogens is 531 g/mol. The highest BCUT2D eigenvalue weighted by atomic mass is 35.5. The molecule has 2 aliphatic rings. The van der Waals surface area contributed by atoms with Crippen molar-refractivity contribution >= 4 is 34.9 Å². The minimum Gasteiger partial charge on any atom is -0.345 e. The van der Waals surface area contributed by atoms with E-state index in [2.05, 4.69) is 15.5 Å². The highest BCUT2D eigenvalue weighted by Gasteiger charge is 2.48. The number of fused-ring (bicyclic) bond motifs is 1. The van der Waals surface area contributed by atoms with Gasteiger partial charge in [0.15, 0.2) is 5.78 Å². The molecule has 0 aliphatic carbocycles. The van der Waals surface area contributed by atoms with Gasteiger partial charge in [0.2, 0.25) is 0 Å². The molecule has 0 saturated carbocycles. The standard InChI is InChI=1S/C29H27Cl2F2N3O2/c30-21-7-4-8-24(33)26(21)28(37)27-20-15-34-14-19(20)16-36(27)12-11-25(17-5-2-1-3-6-17)35-29(38)18-9-10-23(32)22(31)13-18/h1-10,13,19-20,25,27,34H,11-12,14-16H2,(H,35,38)/t19?,20-,25?,27+/m1/s1. The van der Waals surface area contributed by atoms with Crippen molar-refractivity contribution in [2.24, 2.45) is 11.8 Å². The fourth-order valence-electron chi connectivity index (χ4n) is 5.66. The zero-order chi connectivity index (χ0) is 26.8. The van der Waals surface area contributed by atoms with Crippen molar-refractivity contribution in [3.8, 4) is 0 Å². The molecule has 1 amide bonds. The van der Waals surface area contributed by atoms with Crippen LogP contribution in [0.4, 0.5) is 8.78 Å². The smallest absolute Gasteiger partial charge is 0.251 e. The number of rotatable bonds is 8. The van der Waals surface area contributed by atoms with Gasteiger partial charge < -0.3 is 10.6 Å². The van der Waals surface area contributed by atoms with Crippen molar-refractivity contribution in [3.05, 3.63) is 105 Å². The quantitative estimate of drug-likeness (QED) is 0.357. The summed E-state index contributed by atoms with van der Waals surface area (Å²) in [6.07, 6.45) is 0.506. The van der Waals surface area contributed by atoms with Crippen molar-refractivity contribution in [3.63, 3.8) is 0 Å². The van der Waals surface area contributed by atoms with Gasteiger partial charge in [0.05, 0.1) is 27.7 Å². The molecule has 4 atom stereocenters. The third kappa shape index (κ3) is 5.47. The highest BCUT2D eigenvalue weighted by Crippen LogP contribution is 2.37. The number of ketones is 1. The number of carbonyl (C=O) groups excluding carboxylic acids is 2. The van der Waals surface area contributed by atoms with Gasteiger partial charge in [0.1, 0.15) is 11.6 Å². The normalized spacial score (nSPS) is 21.7. The topological polar surface area (TPSA) is 61.4 Å². The Bertz CT molecular complexity index is 1320. The number of halogens is 4. The predicted molar refractivity (Wildman–Crippen MR) is 144 cm³/mol. The van der Waals surface area contributed by atoms with E-state index in [9.17, 15) is 18.4 Å². The molecule has 3 aromatic rings. The summed E-state index contributed by atoms with van der Waals surface area (Å²) in [5.41, 5.74) is 1.08. The lowest BCUT2D eigenvalue weighted by Gasteiger charge is -2.29. The van der Waals surface area contributed by atoms with Gasteiger partial charge in [0.25, 0.3) is 5.91 Å². The summed E-state index contributed by atoms with van der Waals surface area (Å²) in [7, 11) is 0. The predicted octanol–water partition coefficient (Wildman–Crippen LogP) is 5.54. The van der Waals surface area contributed by atoms with Crippen LogP contribution in [0.1, 0.15) is 38.7 Å². The third-order valence-corrected chi connectivity index (χ3v) is 8.14. The second kappa shape index (κ2) is 11.5. The van der Waals surface area contributed by atoms with Crippen LogP contribution >= 0.6 is 23.2 Å². The number of Topliss-reactive ketones (excluding diaryl/α,β-unsaturated/α-hetero) is 1. The zero-order valence-corrected chi connectivity index (χ0v) is 22.0. The summed E-state index contributed by atoms with van der Waals surface area (Å²) in [4.78, 5) is 28.8. The minimum absolute atomic E-state index is 0.0456. The Morgan fingerprint density at radius 1 is 0.974 bits per heavy atom. The minimum atomic E-state index is -0.621. The average molecular weight is 558 g/mol. The van der Waals surface area contributed by atoms with Gasteiger partial charge >= 0.3 is 0 Å². The molecular formula is C29H27Cl2F2N3O2. The van der Waals surface area contributed by atoms with Crippen LogP contribution in [0.5, 0.6) is 0 Å². The fraction of sp³-hybridized carbons (Fsp3) is 0.310. The maximum Gasteiger partial charge on any atom is 0.251 e. The number of carbonyl (C=O) groups is 2. The third-order valence-electron chi connectivity index (χ3n) is 7.53. The van der Waals surface area contributed by atoms with E-state index in [4.69, 9.17) is 23.2 Å². The molecule has 2 saturated heterocycles. The Balaban J connectivity index is 1.37. The average Bonchev–Trinajstić information content (AvgIpc) is 3.49. The van der Waals surface area contributed by atoms with Crippen LogP contribution in [-0.4, -0.2) is 48.8 Å². The number of hydrogen-bond donors (Lipinski definition) is 2. The van der Waals surface area contributed by atoms with Gasteiger partial charge in [-0.05, 0) is 60.7 Å². The molecule has 0 radical (unpaired) electrons. The number of hydrogen-bond acceptors (Lipinski definition) is 4. The van der Waals surface area contributed by atoms with E-state index < -0.39 is 17.7 Å². The first kappa shape index (κ1) is 26.8. The van der Waals surface area contributed by atoms with E-state index in [0.29, 0.717) is 26.1 Å². The Morgan fingerprint density at radius 3 is 2.50 bits per heavy atom. The Morgan fingerprint density at radius 2 is 1.76 bits per heavy atom. The molecule has 5 rings (SSSR count). The van der Waals surface area contributed by atoms with E-state index in [0.717, 1.165) is 18.2 Å². The molecule has 2 aliphatic heterocycles. The van der Waals surface area contributed by atoms with Crippen molar-refractivity contribution < 1.29 is 18.4 Å². The second-order valence-electron chi connectivity index (χ2n) is 9.84. The maximum atomic E-state index is 14.7. The van der Waals surface area contributed by atoms with Gasteiger partial charge in [-0.1, -0.05) is 59.6 Å². The number of amides is 1. The van der Waals surface area contributed by atoms with E-state index in [1.165, 1.54) is 30.3 Å². The molecule has 2 fully saturated rings. The van der Waals surface area contributed by atoms with Crippen LogP contribution in [0.15, 0.2) is 66.7 Å². The summed E-state index contributed by atoms with van der Waals surface area (Å²) in [6, 6.07) is 16.8. The fourth-order valence-corrected chi connectivity index (χ4v) is 6.10. The first-order valence-corrected chi connectivity index (χ1v) is 13.3. The first-order chi connectivity index (χ1) is 18.3. The maximum absolute atomic E-state index is 14.7. The van der Waals surface area contributed by atoms with E-state index >= 15 is 0 Å². The van der Waals surface area contributed by atoms with Gasteiger partial charge in [0, 0.05) is 25.2 Å². The summed E-state index contributed by atoms with van der Waals surface area (Å²) < 4.78 is 28.3. The zero-order valence-electron chi connectivity index (χ0n) is 20.5. The number of likely N-dealkylation sites (tertiary alicyclic amines) is 1. The number of nitrogens with one attached hydrogen (secondary N) is 2. The Kier molecular flexibility index (Phi) is 8.09. The number of nitrogens with zero attached hydrogens (tertiary/aromatic N) is 1. The summed E-state index contributed by atoms with van der Waals surface area (Å²) >= 11 is 12.2. The first-order valence-electron chi connectivity index (χ1n) is 12.6. The highest BCUT2D eigenvalue weighted by molar-refractivity contribution is 6.34. The molecule has 38 heavy (non-hydrogen) atoms. The molecule has 198 valence electrons. The van der Waals surface area contributed by atoms with Gasteiger partial charge in [-0.2, -0.15) is 0 Å². The van der Waals surface area contributed by atoms with Crippen LogP contribution in [0.25, 0.3) is 0 Å². The van der Waals surface area contributed by atoms with Crippen LogP contribution < -0.4 is 10.6 Å². The lowest BCUT2D eigenvalue weighted by molar-refractivity contribution is 0.0816. The molecule has 0 spiro atoms. The lowest BCUT2D eigenvalue weighted by atomic mass is 9.89. The Labute approximate surface area is 230 Å². The monoisotopic (exact) mass is 557 g/mol. The van der Waals surface area contributed by atoms with E-state index in [1.54, 1.807) is 0 Å². The second-order valence-corrected chi connectivity index (χ2v) is 10.7. The van der Waals surface area contributed by atoms with Crippen LogP contribution in [0.3, 0.4) is 0 Å². The van der Waals surface area contributed by atoms with Gasteiger partial charge in [-0.15, -0.1) is 0 Å². The van der Waals surface area contributed by atoms with E-state index in [1.807, 2.05) is 30.3 Å². The number of benzene rings is 3. The Hall–Kier alpha value is -2.84. The van der Waals surface area contributed by atoms with Crippen LogP contribution in [0, 0.1) is 23.5 Å². The van der Waals surface area contributed by atoms with Crippen molar-refractivity contribution in [1.29, 1.82) is 0 Å². The molecule has 0 aromatic heterocycles. The molecule has 2 heterocycles. The summed E-state index contributed by atoms with van der Waals surface area (Å²) in [6.45, 7) is 2.65.